The number of hydrogen-bond donors (Lipinski definition) is 2. The maximum absolute atomic E-state index is 13.3. The van der Waals surface area contributed by atoms with E-state index in [0.29, 0.717) is 31.5 Å². The van der Waals surface area contributed by atoms with Crippen molar-refractivity contribution in [1.82, 2.24) is 9.79 Å². The quantitative estimate of drug-likeness (QED) is 0.489. The molecule has 0 saturated carbocycles. The number of benzene rings is 1. The third-order valence-electron chi connectivity index (χ3n) is 5.39. The van der Waals surface area contributed by atoms with Crippen LogP contribution in [-0.2, 0) is 14.8 Å². The lowest BCUT2D eigenvalue weighted by atomic mass is 10.0. The van der Waals surface area contributed by atoms with Crippen LogP contribution in [0.3, 0.4) is 0 Å². The number of hydroxylamine groups is 1. The van der Waals surface area contributed by atoms with Crippen molar-refractivity contribution >= 4 is 33.4 Å². The smallest absolute Gasteiger partial charge is 0.394 e. The number of piperazine rings is 1. The molecule has 1 aromatic rings. The Kier molecular flexibility index (Phi) is 6.80. The fourth-order valence-corrected chi connectivity index (χ4v) is 7.36. The molecule has 168 valence electrons. The van der Waals surface area contributed by atoms with E-state index < -0.39 is 26.8 Å². The average molecular weight is 466 g/mol. The van der Waals surface area contributed by atoms with E-state index >= 15 is 0 Å². The molecule has 0 aromatic heterocycles. The zero-order valence-corrected chi connectivity index (χ0v) is 18.1. The number of carbonyl (C=O) groups excluding carboxylic acids is 1. The van der Waals surface area contributed by atoms with Gasteiger partial charge in [-0.3, -0.25) is 10.0 Å². The van der Waals surface area contributed by atoms with Crippen LogP contribution in [-0.4, -0.2) is 72.4 Å². The Labute approximate surface area is 178 Å². The molecular weight excluding hydrogens is 440 g/mol. The van der Waals surface area contributed by atoms with Crippen molar-refractivity contribution < 1.29 is 31.9 Å². The second kappa shape index (κ2) is 8.85. The van der Waals surface area contributed by atoms with Crippen molar-refractivity contribution in [2.45, 2.75) is 30.6 Å². The van der Waals surface area contributed by atoms with Gasteiger partial charge >= 0.3 is 6.11 Å². The fraction of sp³-hybridized carbons (Fsp3) is 0.611. The normalized spacial score (nSPS) is 20.6. The maximum atomic E-state index is 13.3. The first kappa shape index (κ1) is 23.0. The topological polar surface area (TPSA) is 99.2 Å². The van der Waals surface area contributed by atoms with Crippen LogP contribution in [0.2, 0.25) is 0 Å². The number of halogens is 2. The van der Waals surface area contributed by atoms with E-state index in [1.807, 2.05) is 4.90 Å². The molecule has 2 fully saturated rings. The molecule has 0 aliphatic carbocycles. The van der Waals surface area contributed by atoms with Crippen molar-refractivity contribution in [3.63, 3.8) is 0 Å². The van der Waals surface area contributed by atoms with Crippen LogP contribution in [0.4, 0.5) is 14.5 Å². The van der Waals surface area contributed by atoms with Gasteiger partial charge in [-0.25, -0.2) is 13.9 Å². The molecule has 2 aliphatic heterocycles. The van der Waals surface area contributed by atoms with Crippen LogP contribution in [0.15, 0.2) is 24.3 Å². The van der Waals surface area contributed by atoms with Gasteiger partial charge in [-0.2, -0.15) is 24.8 Å². The van der Waals surface area contributed by atoms with Crippen LogP contribution in [0.1, 0.15) is 19.8 Å². The summed E-state index contributed by atoms with van der Waals surface area (Å²) in [5.74, 6) is 0.212. The van der Waals surface area contributed by atoms with E-state index in [-0.39, 0.29) is 31.7 Å². The van der Waals surface area contributed by atoms with E-state index in [4.69, 9.17) is 5.21 Å². The second-order valence-corrected chi connectivity index (χ2v) is 10.8. The molecule has 0 bridgehead atoms. The number of rotatable bonds is 6. The summed E-state index contributed by atoms with van der Waals surface area (Å²) >= 11 is 1.58. The number of sulfonamides is 1. The molecular formula is C18H25F2N3O5S2. The Hall–Kier alpha value is -1.63. The number of anilines is 1. The molecule has 12 heteroatoms. The highest BCUT2D eigenvalue weighted by atomic mass is 32.2. The van der Waals surface area contributed by atoms with E-state index in [9.17, 15) is 22.0 Å². The highest BCUT2D eigenvalue weighted by Crippen LogP contribution is 2.37. The predicted molar refractivity (Wildman–Crippen MR) is 110 cm³/mol. The first-order valence-corrected chi connectivity index (χ1v) is 12.1. The van der Waals surface area contributed by atoms with Crippen molar-refractivity contribution in [1.29, 1.82) is 0 Å². The monoisotopic (exact) mass is 465 g/mol. The SMILES string of the molecule is CC(F)(F)Oc1ccc(N2CCN(S(=O)(=O)C3(C(=O)NO)CCSCC3)CC2)cc1. The molecule has 2 N–H and O–H groups in total. The molecule has 2 heterocycles. The zero-order valence-electron chi connectivity index (χ0n) is 16.5. The van der Waals surface area contributed by atoms with Crippen molar-refractivity contribution in [2.75, 3.05) is 42.6 Å². The molecule has 1 aromatic carbocycles. The van der Waals surface area contributed by atoms with Crippen molar-refractivity contribution in [2.24, 2.45) is 0 Å². The molecule has 3 rings (SSSR count). The molecule has 2 aliphatic rings. The Bertz CT molecular complexity index is 848. The lowest BCUT2D eigenvalue weighted by Crippen LogP contribution is -2.61. The number of carbonyl (C=O) groups is 1. The third-order valence-corrected chi connectivity index (χ3v) is 9.00. The van der Waals surface area contributed by atoms with Gasteiger partial charge in [0.05, 0.1) is 0 Å². The predicted octanol–water partition coefficient (Wildman–Crippen LogP) is 1.90. The van der Waals surface area contributed by atoms with Crippen LogP contribution in [0.25, 0.3) is 0 Å². The van der Waals surface area contributed by atoms with E-state index in [1.54, 1.807) is 29.4 Å². The van der Waals surface area contributed by atoms with Crippen LogP contribution >= 0.6 is 11.8 Å². The lowest BCUT2D eigenvalue weighted by Gasteiger charge is -2.42. The van der Waals surface area contributed by atoms with Crippen LogP contribution in [0, 0.1) is 0 Å². The number of thioether (sulfide) groups is 1. The summed E-state index contributed by atoms with van der Waals surface area (Å²) in [5.41, 5.74) is 2.31. The lowest BCUT2D eigenvalue weighted by molar-refractivity contribution is -0.158. The minimum Gasteiger partial charge on any atom is -0.433 e. The summed E-state index contributed by atoms with van der Waals surface area (Å²) in [7, 11) is -3.97. The molecule has 0 atom stereocenters. The van der Waals surface area contributed by atoms with Crippen LogP contribution < -0.4 is 15.1 Å². The number of nitrogens with zero attached hydrogens (tertiary/aromatic N) is 2. The first-order valence-electron chi connectivity index (χ1n) is 9.53. The van der Waals surface area contributed by atoms with E-state index in [0.717, 1.165) is 5.69 Å². The molecule has 1 amide bonds. The Morgan fingerprint density at radius 1 is 1.17 bits per heavy atom. The Morgan fingerprint density at radius 3 is 2.23 bits per heavy atom. The fourth-order valence-electron chi connectivity index (χ4n) is 3.77. The summed E-state index contributed by atoms with van der Waals surface area (Å²) in [6.07, 6.45) is -2.97. The number of alkyl halides is 2. The van der Waals surface area contributed by atoms with Gasteiger partial charge in [0, 0.05) is 38.8 Å². The summed E-state index contributed by atoms with van der Waals surface area (Å²) in [6, 6.07) is 6.17. The van der Waals surface area contributed by atoms with E-state index in [2.05, 4.69) is 4.74 Å². The van der Waals surface area contributed by atoms with Gasteiger partial charge in [0.25, 0.3) is 5.91 Å². The van der Waals surface area contributed by atoms with Gasteiger partial charge in [0.2, 0.25) is 10.0 Å². The molecule has 0 unspecified atom stereocenters. The summed E-state index contributed by atoms with van der Waals surface area (Å²) < 4.78 is 56.7. The number of hydrogen-bond acceptors (Lipinski definition) is 7. The van der Waals surface area contributed by atoms with Gasteiger partial charge in [-0.15, -0.1) is 0 Å². The van der Waals surface area contributed by atoms with Gasteiger partial charge in [-0.1, -0.05) is 0 Å². The van der Waals surface area contributed by atoms with Crippen LogP contribution in [0.5, 0.6) is 5.75 Å². The highest BCUT2D eigenvalue weighted by Gasteiger charge is 2.54. The first-order chi connectivity index (χ1) is 14.1. The van der Waals surface area contributed by atoms with Crippen molar-refractivity contribution in [3.05, 3.63) is 24.3 Å². The van der Waals surface area contributed by atoms with Gasteiger partial charge in [-0.05, 0) is 48.6 Å². The molecule has 0 spiro atoms. The number of amides is 1. The number of ether oxygens (including phenoxy) is 1. The van der Waals surface area contributed by atoms with Crippen molar-refractivity contribution in [3.8, 4) is 5.75 Å². The van der Waals surface area contributed by atoms with E-state index in [1.165, 1.54) is 16.4 Å². The standard InChI is InChI=1S/C18H25F2N3O5S2/c1-17(19,20)28-15-4-2-14(3-5-15)22-8-10-23(11-9-22)30(26,27)18(16(24)21-25)6-12-29-13-7-18/h2-5,25H,6-13H2,1H3,(H,21,24). The zero-order chi connectivity index (χ0) is 22.0. The summed E-state index contributed by atoms with van der Waals surface area (Å²) in [6.45, 7) is 1.79. The summed E-state index contributed by atoms with van der Waals surface area (Å²) in [5, 5.41) is 9.14. The number of nitrogens with one attached hydrogen (secondary N) is 1. The Balaban J connectivity index is 1.69. The molecule has 0 radical (unpaired) electrons. The minimum absolute atomic E-state index is 0.0413. The van der Waals surface area contributed by atoms with Gasteiger partial charge in [0.1, 0.15) is 5.75 Å². The molecule has 8 nitrogen and oxygen atoms in total. The maximum Gasteiger partial charge on any atom is 0.394 e. The average Bonchev–Trinajstić information content (AvgIpc) is 2.73. The minimum atomic E-state index is -3.97. The second-order valence-electron chi connectivity index (χ2n) is 7.34. The third kappa shape index (κ3) is 4.66. The van der Waals surface area contributed by atoms with Gasteiger partial charge in [0.15, 0.2) is 4.75 Å². The highest BCUT2D eigenvalue weighted by molar-refractivity contribution is 7.99. The largest absolute Gasteiger partial charge is 0.433 e. The Morgan fingerprint density at radius 2 is 1.73 bits per heavy atom. The molecule has 30 heavy (non-hydrogen) atoms. The summed E-state index contributed by atoms with van der Waals surface area (Å²) in [4.78, 5) is 14.3. The molecule has 2 saturated heterocycles. The van der Waals surface area contributed by atoms with Gasteiger partial charge < -0.3 is 9.64 Å².